The maximum Gasteiger partial charge on any atom is 0.328 e. The van der Waals surface area contributed by atoms with Gasteiger partial charge in [0.2, 0.25) is 0 Å². The third-order valence-corrected chi connectivity index (χ3v) is 3.57. The number of aromatic nitrogens is 2. The molecule has 1 aromatic rings. The van der Waals surface area contributed by atoms with Crippen LogP contribution in [0.5, 0.6) is 0 Å². The molecule has 0 radical (unpaired) electrons. The van der Waals surface area contributed by atoms with Crippen LogP contribution in [-0.4, -0.2) is 15.3 Å². The van der Waals surface area contributed by atoms with Crippen molar-refractivity contribution in [1.82, 2.24) is 9.55 Å². The molecular weight excluding hydrogens is 232 g/mol. The van der Waals surface area contributed by atoms with Crippen LogP contribution in [-0.2, 0) is 0 Å². The minimum absolute atomic E-state index is 0.0684. The number of Topliss-reactive ketones (excluding diaryl/α,β-unsaturated/α-hetero) is 1. The average Bonchev–Trinajstić information content (AvgIpc) is 2.57. The van der Waals surface area contributed by atoms with Crippen molar-refractivity contribution in [2.24, 2.45) is 0 Å². The van der Waals surface area contributed by atoms with Crippen LogP contribution >= 0.6 is 0 Å². The van der Waals surface area contributed by atoms with Gasteiger partial charge in [-0.1, -0.05) is 25.7 Å². The fraction of sp³-hybridized carbons (Fsp3) is 0.615. The van der Waals surface area contributed by atoms with E-state index in [0.717, 1.165) is 25.7 Å². The lowest BCUT2D eigenvalue weighted by Crippen LogP contribution is -2.35. The molecule has 0 spiro atoms. The summed E-state index contributed by atoms with van der Waals surface area (Å²) in [6.45, 7) is 1.34. The topological polar surface area (TPSA) is 71.9 Å². The van der Waals surface area contributed by atoms with E-state index in [2.05, 4.69) is 4.98 Å². The molecule has 18 heavy (non-hydrogen) atoms. The zero-order chi connectivity index (χ0) is 13.1. The van der Waals surface area contributed by atoms with E-state index >= 15 is 0 Å². The minimum atomic E-state index is -0.586. The van der Waals surface area contributed by atoms with Crippen LogP contribution in [0.15, 0.2) is 15.8 Å². The van der Waals surface area contributed by atoms with Crippen LogP contribution in [0.4, 0.5) is 0 Å². The number of H-pyrrole nitrogens is 1. The molecule has 1 aromatic heterocycles. The Morgan fingerprint density at radius 3 is 2.39 bits per heavy atom. The van der Waals surface area contributed by atoms with Crippen LogP contribution in [0, 0.1) is 0 Å². The Balaban J connectivity index is 2.43. The van der Waals surface area contributed by atoms with E-state index in [1.54, 1.807) is 0 Å². The Kier molecular flexibility index (Phi) is 3.79. The van der Waals surface area contributed by atoms with Crippen molar-refractivity contribution in [3.8, 4) is 0 Å². The first-order valence-corrected chi connectivity index (χ1v) is 6.46. The van der Waals surface area contributed by atoms with E-state index in [9.17, 15) is 14.4 Å². The van der Waals surface area contributed by atoms with Gasteiger partial charge in [0, 0.05) is 12.2 Å². The Labute approximate surface area is 105 Å². The number of rotatable bonds is 2. The third kappa shape index (κ3) is 2.60. The number of carbonyl (C=O) groups is 1. The molecule has 1 saturated carbocycles. The van der Waals surface area contributed by atoms with Gasteiger partial charge in [0.05, 0.1) is 5.56 Å². The molecule has 1 heterocycles. The first-order chi connectivity index (χ1) is 8.59. The van der Waals surface area contributed by atoms with Gasteiger partial charge in [0.15, 0.2) is 5.78 Å². The van der Waals surface area contributed by atoms with Crippen LogP contribution in [0.2, 0.25) is 0 Å². The fourth-order valence-electron chi connectivity index (χ4n) is 2.54. The highest BCUT2D eigenvalue weighted by Crippen LogP contribution is 2.25. The van der Waals surface area contributed by atoms with E-state index < -0.39 is 11.2 Å². The van der Waals surface area contributed by atoms with Crippen molar-refractivity contribution in [1.29, 1.82) is 0 Å². The van der Waals surface area contributed by atoms with Gasteiger partial charge in [0.1, 0.15) is 0 Å². The second-order valence-electron chi connectivity index (χ2n) is 4.91. The number of nitrogens with zero attached hydrogens (tertiary/aromatic N) is 1. The lowest BCUT2D eigenvalue weighted by molar-refractivity contribution is 0.101. The predicted octanol–water partition coefficient (Wildman–Crippen LogP) is 1.63. The van der Waals surface area contributed by atoms with Gasteiger partial charge in [-0.2, -0.15) is 0 Å². The highest BCUT2D eigenvalue weighted by atomic mass is 16.2. The van der Waals surface area contributed by atoms with Crippen LogP contribution in [0.25, 0.3) is 0 Å². The number of nitrogens with one attached hydrogen (secondary N) is 1. The predicted molar refractivity (Wildman–Crippen MR) is 68.1 cm³/mol. The molecule has 0 unspecified atom stereocenters. The number of ketones is 1. The van der Waals surface area contributed by atoms with Crippen LogP contribution in [0.1, 0.15) is 61.8 Å². The number of carbonyl (C=O) groups excluding carboxylic acids is 1. The SMILES string of the molecule is CC(=O)c1cn(C2CCCCCC2)c(=O)[nH]c1=O. The second-order valence-corrected chi connectivity index (χ2v) is 4.91. The molecule has 0 amide bonds. The molecule has 5 nitrogen and oxygen atoms in total. The maximum absolute atomic E-state index is 11.8. The summed E-state index contributed by atoms with van der Waals surface area (Å²) >= 11 is 0. The molecule has 2 rings (SSSR count). The van der Waals surface area contributed by atoms with Crippen molar-refractivity contribution < 1.29 is 4.79 Å². The zero-order valence-electron chi connectivity index (χ0n) is 10.6. The summed E-state index contributed by atoms with van der Waals surface area (Å²) < 4.78 is 1.53. The molecular formula is C13H18N2O3. The number of aromatic amines is 1. The maximum atomic E-state index is 11.8. The Morgan fingerprint density at radius 2 is 1.83 bits per heavy atom. The summed E-state index contributed by atoms with van der Waals surface area (Å²) in [4.78, 5) is 36.9. The van der Waals surface area contributed by atoms with Crippen molar-refractivity contribution in [3.63, 3.8) is 0 Å². The van der Waals surface area contributed by atoms with Crippen molar-refractivity contribution >= 4 is 5.78 Å². The van der Waals surface area contributed by atoms with E-state index in [1.807, 2.05) is 0 Å². The van der Waals surface area contributed by atoms with E-state index in [0.29, 0.717) is 0 Å². The van der Waals surface area contributed by atoms with Gasteiger partial charge in [-0.15, -0.1) is 0 Å². The summed E-state index contributed by atoms with van der Waals surface area (Å²) in [7, 11) is 0. The van der Waals surface area contributed by atoms with Gasteiger partial charge in [0.25, 0.3) is 5.56 Å². The van der Waals surface area contributed by atoms with E-state index in [-0.39, 0.29) is 17.4 Å². The summed E-state index contributed by atoms with van der Waals surface area (Å²) in [6.07, 6.45) is 7.85. The average molecular weight is 250 g/mol. The third-order valence-electron chi connectivity index (χ3n) is 3.57. The van der Waals surface area contributed by atoms with E-state index in [4.69, 9.17) is 0 Å². The van der Waals surface area contributed by atoms with Gasteiger partial charge in [-0.3, -0.25) is 19.1 Å². The standard InChI is InChI=1S/C13H18N2O3/c1-9(16)11-8-15(13(18)14-12(11)17)10-6-4-2-3-5-7-10/h8,10H,2-7H2,1H3,(H,14,17,18). The summed E-state index contributed by atoms with van der Waals surface area (Å²) in [5.41, 5.74) is -0.923. The molecule has 0 bridgehead atoms. The van der Waals surface area contributed by atoms with Crippen molar-refractivity contribution in [3.05, 3.63) is 32.6 Å². The van der Waals surface area contributed by atoms with Crippen LogP contribution < -0.4 is 11.2 Å². The molecule has 0 aromatic carbocycles. The Morgan fingerprint density at radius 1 is 1.22 bits per heavy atom. The highest BCUT2D eigenvalue weighted by molar-refractivity contribution is 5.93. The fourth-order valence-corrected chi connectivity index (χ4v) is 2.54. The van der Waals surface area contributed by atoms with Crippen molar-refractivity contribution in [2.45, 2.75) is 51.5 Å². The first kappa shape index (κ1) is 12.8. The second kappa shape index (κ2) is 5.33. The summed E-state index contributed by atoms with van der Waals surface area (Å²) in [6, 6.07) is 0.106. The first-order valence-electron chi connectivity index (χ1n) is 6.46. The smallest absolute Gasteiger partial charge is 0.297 e. The molecule has 0 aliphatic heterocycles. The van der Waals surface area contributed by atoms with Gasteiger partial charge >= 0.3 is 5.69 Å². The molecule has 1 aliphatic rings. The molecule has 1 aliphatic carbocycles. The summed E-state index contributed by atoms with van der Waals surface area (Å²) in [5.74, 6) is -0.307. The number of hydrogen-bond acceptors (Lipinski definition) is 3. The zero-order valence-corrected chi connectivity index (χ0v) is 10.6. The molecule has 1 fully saturated rings. The Bertz CT molecular complexity index is 548. The van der Waals surface area contributed by atoms with Crippen LogP contribution in [0.3, 0.4) is 0 Å². The quantitative estimate of drug-likeness (QED) is 0.640. The molecule has 1 N–H and O–H groups in total. The van der Waals surface area contributed by atoms with Gasteiger partial charge in [-0.05, 0) is 19.8 Å². The van der Waals surface area contributed by atoms with Gasteiger partial charge < -0.3 is 0 Å². The van der Waals surface area contributed by atoms with Gasteiger partial charge in [-0.25, -0.2) is 4.79 Å². The highest BCUT2D eigenvalue weighted by Gasteiger charge is 2.17. The van der Waals surface area contributed by atoms with E-state index in [1.165, 1.54) is 30.5 Å². The molecule has 5 heteroatoms. The largest absolute Gasteiger partial charge is 0.328 e. The Hall–Kier alpha value is -1.65. The minimum Gasteiger partial charge on any atom is -0.297 e. The summed E-state index contributed by atoms with van der Waals surface area (Å²) in [5, 5.41) is 0. The monoisotopic (exact) mass is 250 g/mol. The lowest BCUT2D eigenvalue weighted by Gasteiger charge is -2.17. The molecule has 98 valence electrons. The molecule has 0 atom stereocenters. The van der Waals surface area contributed by atoms with Crippen molar-refractivity contribution in [2.75, 3.05) is 0 Å². The normalized spacial score (nSPS) is 17.4. The number of hydrogen-bond donors (Lipinski definition) is 1. The molecule has 0 saturated heterocycles. The lowest BCUT2D eigenvalue weighted by atomic mass is 10.1.